The molecule has 2 aromatic heterocycles. The van der Waals surface area contributed by atoms with Crippen molar-refractivity contribution in [2.24, 2.45) is 0 Å². The fourth-order valence-electron chi connectivity index (χ4n) is 1.21. The van der Waals surface area contributed by atoms with Crippen molar-refractivity contribution in [1.29, 1.82) is 0 Å². The zero-order valence-electron chi connectivity index (χ0n) is 9.10. The van der Waals surface area contributed by atoms with Crippen LogP contribution in [0.5, 0.6) is 0 Å². The SMILES string of the molecule is c1ccc(-c2conn2)cc1.c1ccncc1. The molecule has 0 bridgehead atoms. The molecule has 17 heavy (non-hydrogen) atoms. The van der Waals surface area contributed by atoms with Gasteiger partial charge in [0.1, 0.15) is 5.69 Å². The smallest absolute Gasteiger partial charge is 0.152 e. The highest BCUT2D eigenvalue weighted by Crippen LogP contribution is 2.13. The first kappa shape index (κ1) is 11.0. The van der Waals surface area contributed by atoms with Gasteiger partial charge in [0.15, 0.2) is 6.26 Å². The van der Waals surface area contributed by atoms with Crippen LogP contribution in [0.15, 0.2) is 71.7 Å². The predicted molar refractivity (Wildman–Crippen MR) is 64.0 cm³/mol. The van der Waals surface area contributed by atoms with Gasteiger partial charge in [-0.25, -0.2) is 0 Å². The van der Waals surface area contributed by atoms with Gasteiger partial charge >= 0.3 is 0 Å². The molecule has 0 atom stereocenters. The lowest BCUT2D eigenvalue weighted by Gasteiger charge is -1.89. The lowest BCUT2D eigenvalue weighted by Crippen LogP contribution is -1.75. The van der Waals surface area contributed by atoms with Crippen molar-refractivity contribution in [3.63, 3.8) is 0 Å². The Morgan fingerprint density at radius 3 is 2.00 bits per heavy atom. The fraction of sp³-hybridized carbons (Fsp3) is 0. The number of benzene rings is 1. The molecule has 0 aliphatic heterocycles. The Labute approximate surface area is 98.9 Å². The second-order valence-electron chi connectivity index (χ2n) is 3.18. The van der Waals surface area contributed by atoms with Crippen LogP contribution in [0.2, 0.25) is 0 Å². The molecule has 84 valence electrons. The number of aromatic nitrogens is 3. The zero-order valence-corrected chi connectivity index (χ0v) is 9.10. The normalized spacial score (nSPS) is 9.18. The quantitative estimate of drug-likeness (QED) is 0.639. The summed E-state index contributed by atoms with van der Waals surface area (Å²) in [5.74, 6) is 0. The van der Waals surface area contributed by atoms with Crippen LogP contribution in [0.1, 0.15) is 0 Å². The highest BCUT2D eigenvalue weighted by Gasteiger charge is 1.98. The van der Waals surface area contributed by atoms with E-state index >= 15 is 0 Å². The molecular weight excluding hydrogens is 214 g/mol. The summed E-state index contributed by atoms with van der Waals surface area (Å²) >= 11 is 0. The van der Waals surface area contributed by atoms with Crippen LogP contribution >= 0.6 is 0 Å². The van der Waals surface area contributed by atoms with Crippen molar-refractivity contribution in [3.05, 3.63) is 67.2 Å². The minimum atomic E-state index is 0.769. The zero-order chi connectivity index (χ0) is 11.8. The summed E-state index contributed by atoms with van der Waals surface area (Å²) in [4.78, 5) is 3.78. The number of nitrogens with zero attached hydrogens (tertiary/aromatic N) is 3. The first-order valence-corrected chi connectivity index (χ1v) is 5.14. The molecule has 3 rings (SSSR count). The van der Waals surface area contributed by atoms with Crippen LogP contribution in [0.25, 0.3) is 11.3 Å². The third-order valence-corrected chi connectivity index (χ3v) is 2.00. The van der Waals surface area contributed by atoms with E-state index in [2.05, 4.69) is 19.9 Å². The molecule has 0 N–H and O–H groups in total. The van der Waals surface area contributed by atoms with Gasteiger partial charge in [0.2, 0.25) is 0 Å². The van der Waals surface area contributed by atoms with E-state index in [4.69, 9.17) is 0 Å². The lowest BCUT2D eigenvalue weighted by atomic mass is 10.2. The summed E-state index contributed by atoms with van der Waals surface area (Å²) < 4.78 is 4.61. The number of hydrogen-bond donors (Lipinski definition) is 0. The van der Waals surface area contributed by atoms with Gasteiger partial charge in [-0.3, -0.25) is 4.98 Å². The van der Waals surface area contributed by atoms with Crippen LogP contribution in [0.3, 0.4) is 0 Å². The van der Waals surface area contributed by atoms with Crippen LogP contribution in [-0.2, 0) is 0 Å². The molecule has 3 aromatic rings. The van der Waals surface area contributed by atoms with Crippen molar-refractivity contribution in [1.82, 2.24) is 15.4 Å². The number of pyridine rings is 1. The molecule has 0 saturated carbocycles. The molecule has 0 aliphatic rings. The summed E-state index contributed by atoms with van der Waals surface area (Å²) in [5.41, 5.74) is 1.79. The van der Waals surface area contributed by atoms with Gasteiger partial charge in [-0.1, -0.05) is 36.4 Å². The van der Waals surface area contributed by atoms with E-state index < -0.39 is 0 Å². The second kappa shape index (κ2) is 6.17. The Balaban J connectivity index is 0.000000153. The molecule has 0 unspecified atom stereocenters. The average molecular weight is 225 g/mol. The van der Waals surface area contributed by atoms with E-state index in [0.29, 0.717) is 0 Å². The van der Waals surface area contributed by atoms with E-state index in [0.717, 1.165) is 11.3 Å². The summed E-state index contributed by atoms with van der Waals surface area (Å²) in [5, 5.41) is 7.14. The van der Waals surface area contributed by atoms with Gasteiger partial charge in [0, 0.05) is 23.2 Å². The minimum absolute atomic E-state index is 0.769. The average Bonchev–Trinajstić information content (AvgIpc) is 2.96. The van der Waals surface area contributed by atoms with E-state index in [-0.39, 0.29) is 0 Å². The van der Waals surface area contributed by atoms with Crippen LogP contribution in [-0.4, -0.2) is 15.4 Å². The van der Waals surface area contributed by atoms with E-state index in [9.17, 15) is 0 Å². The fourth-order valence-corrected chi connectivity index (χ4v) is 1.21. The third kappa shape index (κ3) is 3.53. The van der Waals surface area contributed by atoms with Crippen molar-refractivity contribution in [3.8, 4) is 11.3 Å². The molecule has 4 nitrogen and oxygen atoms in total. The lowest BCUT2D eigenvalue weighted by molar-refractivity contribution is 0.393. The van der Waals surface area contributed by atoms with E-state index in [1.54, 1.807) is 12.4 Å². The molecule has 2 heterocycles. The van der Waals surface area contributed by atoms with Gasteiger partial charge in [0.25, 0.3) is 0 Å². The first-order valence-electron chi connectivity index (χ1n) is 5.14. The van der Waals surface area contributed by atoms with Crippen LogP contribution in [0.4, 0.5) is 0 Å². The van der Waals surface area contributed by atoms with Crippen LogP contribution < -0.4 is 0 Å². The summed E-state index contributed by atoms with van der Waals surface area (Å²) in [6.45, 7) is 0. The van der Waals surface area contributed by atoms with Crippen molar-refractivity contribution < 1.29 is 4.52 Å². The Bertz CT molecular complexity index is 482. The molecule has 1 aromatic carbocycles. The summed E-state index contributed by atoms with van der Waals surface area (Å²) in [7, 11) is 0. The maximum atomic E-state index is 4.61. The molecule has 4 heteroatoms. The molecular formula is C13H11N3O. The monoisotopic (exact) mass is 225 g/mol. The van der Waals surface area contributed by atoms with Crippen molar-refractivity contribution in [2.45, 2.75) is 0 Å². The van der Waals surface area contributed by atoms with Gasteiger partial charge in [-0.05, 0) is 12.1 Å². The first-order chi connectivity index (χ1) is 8.47. The minimum Gasteiger partial charge on any atom is -0.345 e. The predicted octanol–water partition coefficient (Wildman–Crippen LogP) is 2.82. The largest absolute Gasteiger partial charge is 0.345 e. The molecule has 0 spiro atoms. The van der Waals surface area contributed by atoms with E-state index in [1.165, 1.54) is 6.26 Å². The highest BCUT2D eigenvalue weighted by molar-refractivity contribution is 5.56. The second-order valence-corrected chi connectivity index (χ2v) is 3.18. The van der Waals surface area contributed by atoms with Gasteiger partial charge in [-0.15, -0.1) is 5.10 Å². The maximum Gasteiger partial charge on any atom is 0.152 e. The Morgan fingerprint density at radius 2 is 1.53 bits per heavy atom. The number of hydrogen-bond acceptors (Lipinski definition) is 4. The highest BCUT2D eigenvalue weighted by atomic mass is 16.5. The molecule has 0 radical (unpaired) electrons. The molecule has 0 amide bonds. The summed E-state index contributed by atoms with van der Waals surface area (Å²) in [6.07, 6.45) is 5.02. The van der Waals surface area contributed by atoms with Crippen molar-refractivity contribution in [2.75, 3.05) is 0 Å². The number of rotatable bonds is 1. The third-order valence-electron chi connectivity index (χ3n) is 2.00. The topological polar surface area (TPSA) is 51.8 Å². The van der Waals surface area contributed by atoms with Gasteiger partial charge < -0.3 is 4.52 Å². The summed E-state index contributed by atoms with van der Waals surface area (Å²) in [6, 6.07) is 15.5. The Morgan fingerprint density at radius 1 is 0.824 bits per heavy atom. The van der Waals surface area contributed by atoms with Crippen molar-refractivity contribution >= 4 is 0 Å². The standard InChI is InChI=1S/C8H6N2O.C5H5N/c1-2-4-7(5-3-1)8-6-11-10-9-8;1-2-4-6-5-3-1/h1-6H;1-5H. The Hall–Kier alpha value is -2.49. The van der Waals surface area contributed by atoms with Crippen LogP contribution in [0, 0.1) is 0 Å². The molecule has 0 fully saturated rings. The van der Waals surface area contributed by atoms with Gasteiger partial charge in [-0.2, -0.15) is 0 Å². The molecule has 0 aliphatic carbocycles. The molecule has 0 saturated heterocycles. The van der Waals surface area contributed by atoms with E-state index in [1.807, 2.05) is 48.5 Å². The Kier molecular flexibility index (Phi) is 4.00. The van der Waals surface area contributed by atoms with Gasteiger partial charge in [0.05, 0.1) is 0 Å². The maximum absolute atomic E-state index is 4.61.